The number of rotatable bonds is 1. The summed E-state index contributed by atoms with van der Waals surface area (Å²) in [5, 5.41) is 0. The van der Waals surface area contributed by atoms with Crippen LogP contribution in [-0.4, -0.2) is 20.2 Å². The van der Waals surface area contributed by atoms with E-state index < -0.39 is 24.6 Å². The van der Waals surface area contributed by atoms with E-state index >= 15 is 0 Å². The summed E-state index contributed by atoms with van der Waals surface area (Å²) < 4.78 is 0. The molecule has 2 nitrogen and oxygen atoms in total. The van der Waals surface area contributed by atoms with Crippen LogP contribution in [0.5, 0.6) is 0 Å². The van der Waals surface area contributed by atoms with Gasteiger partial charge in [-0.1, -0.05) is 26.1 Å². The molecular weight excluding hydrogens is 430 g/mol. The van der Waals surface area contributed by atoms with Gasteiger partial charge >= 0.3 is 35.3 Å². The van der Waals surface area contributed by atoms with Crippen molar-refractivity contribution in [3.05, 3.63) is 0 Å². The van der Waals surface area contributed by atoms with Crippen LogP contribution in [0.3, 0.4) is 0 Å². The number of halogens is 2. The van der Waals surface area contributed by atoms with Gasteiger partial charge in [-0.05, 0) is 18.4 Å². The van der Waals surface area contributed by atoms with E-state index in [9.17, 15) is 0 Å². The summed E-state index contributed by atoms with van der Waals surface area (Å²) in [6.07, 6.45) is 3.61. The molecule has 1 fully saturated rings. The molecule has 6 heteroatoms. The van der Waals surface area contributed by atoms with E-state index in [0.717, 1.165) is 18.4 Å². The molecule has 0 heterocycles. The van der Waals surface area contributed by atoms with Gasteiger partial charge in [0.05, 0.1) is 0 Å². The fourth-order valence-corrected chi connectivity index (χ4v) is 4.03. The Hall–Kier alpha value is 1.41. The Labute approximate surface area is 111 Å². The van der Waals surface area contributed by atoms with E-state index in [1.807, 2.05) is 0 Å². The normalized spacial score (nSPS) is 32.1. The molecule has 1 rings (SSSR count). The van der Waals surface area contributed by atoms with Crippen molar-refractivity contribution in [2.75, 3.05) is 0 Å². The molecule has 3 atom stereocenters. The zero-order chi connectivity index (χ0) is 12.1. The number of hydrogen-bond donors (Lipinski definition) is 2. The van der Waals surface area contributed by atoms with Gasteiger partial charge in [0.2, 0.25) is 0 Å². The second kappa shape index (κ2) is 7.68. The summed E-state index contributed by atoms with van der Waals surface area (Å²) in [7, 11) is 8.79. The van der Waals surface area contributed by atoms with Crippen LogP contribution in [0.25, 0.3) is 0 Å². The first-order chi connectivity index (χ1) is 6.82. The van der Waals surface area contributed by atoms with E-state index in [-0.39, 0.29) is 12.1 Å². The van der Waals surface area contributed by atoms with Gasteiger partial charge < -0.3 is 11.5 Å². The molecule has 0 radical (unpaired) electrons. The summed E-state index contributed by atoms with van der Waals surface area (Å²) in [6, 6.07) is 0.521. The molecule has 4 N–H and O–H groups in total. The van der Waals surface area contributed by atoms with Crippen molar-refractivity contribution in [2.24, 2.45) is 11.5 Å². The van der Waals surface area contributed by atoms with E-state index in [0.29, 0.717) is 0 Å². The minimum absolute atomic E-state index is 0.260. The Morgan fingerprint density at radius 2 is 1.53 bits per heavy atom. The van der Waals surface area contributed by atoms with Gasteiger partial charge in [-0.25, -0.2) is 0 Å². The minimum atomic E-state index is -0.963. The van der Waals surface area contributed by atoms with Crippen LogP contribution >= 0.6 is 18.8 Å². The molecular formula is C9H22Cl2N2PtSi. The Balaban J connectivity index is 0.000000583. The zero-order valence-corrected chi connectivity index (χ0v) is 14.4. The average molecular weight is 452 g/mol. The van der Waals surface area contributed by atoms with Gasteiger partial charge in [-0.15, -0.1) is 0 Å². The standard InChI is InChI=1S/C9H22N2Si.2ClH.Pt/c1-12(2,3)7-4-5-8(10)9(11)6-7;;;/h7-9H,4-6,10-11H2,1-3H3;2*1H;/q;;;+2/p-2/t7-,8+,9+;;;/m0.../s1. The Morgan fingerprint density at radius 3 is 1.87 bits per heavy atom. The van der Waals surface area contributed by atoms with Crippen LogP contribution < -0.4 is 11.5 Å². The molecule has 0 aromatic rings. The summed E-state index contributed by atoms with van der Waals surface area (Å²) in [5.74, 6) is 0. The number of nitrogens with two attached hydrogens (primary N) is 2. The van der Waals surface area contributed by atoms with E-state index in [1.165, 1.54) is 6.42 Å². The Bertz CT molecular complexity index is 178. The Morgan fingerprint density at radius 1 is 1.07 bits per heavy atom. The molecule has 0 aromatic heterocycles. The molecule has 0 amide bonds. The molecule has 1 saturated carbocycles. The molecule has 0 spiro atoms. The third-order valence-electron chi connectivity index (χ3n) is 3.18. The fourth-order valence-electron chi connectivity index (χ4n) is 2.02. The second-order valence-electron chi connectivity index (χ2n) is 5.25. The van der Waals surface area contributed by atoms with Crippen molar-refractivity contribution in [1.29, 1.82) is 0 Å². The van der Waals surface area contributed by atoms with Crippen molar-refractivity contribution in [2.45, 2.75) is 56.5 Å². The van der Waals surface area contributed by atoms with Crippen molar-refractivity contribution in [1.82, 2.24) is 0 Å². The summed E-state index contributed by atoms with van der Waals surface area (Å²) in [6.45, 7) is 7.30. The van der Waals surface area contributed by atoms with Crippen molar-refractivity contribution in [3.8, 4) is 0 Å². The van der Waals surface area contributed by atoms with Crippen LogP contribution in [0.1, 0.15) is 19.3 Å². The van der Waals surface area contributed by atoms with Crippen LogP contribution in [0.4, 0.5) is 0 Å². The van der Waals surface area contributed by atoms with Crippen molar-refractivity contribution >= 4 is 26.9 Å². The first-order valence-corrected chi connectivity index (χ1v) is 14.4. The van der Waals surface area contributed by atoms with Crippen LogP contribution in [0.15, 0.2) is 0 Å². The van der Waals surface area contributed by atoms with E-state index in [1.54, 1.807) is 0 Å². The Kier molecular flexibility index (Phi) is 8.40. The molecule has 1 aliphatic carbocycles. The summed E-state index contributed by atoms with van der Waals surface area (Å²) in [4.78, 5) is 0. The first kappa shape index (κ1) is 16.4. The molecule has 15 heavy (non-hydrogen) atoms. The van der Waals surface area contributed by atoms with Gasteiger partial charge in [0.15, 0.2) is 0 Å². The van der Waals surface area contributed by atoms with Gasteiger partial charge in [-0.2, -0.15) is 0 Å². The monoisotopic (exact) mass is 451 g/mol. The van der Waals surface area contributed by atoms with Gasteiger partial charge in [0.1, 0.15) is 0 Å². The molecule has 1 aliphatic rings. The van der Waals surface area contributed by atoms with Gasteiger partial charge in [-0.3, -0.25) is 0 Å². The number of hydrogen-bond acceptors (Lipinski definition) is 2. The van der Waals surface area contributed by atoms with Crippen LogP contribution in [0.2, 0.25) is 25.2 Å². The molecule has 0 aromatic carbocycles. The quantitative estimate of drug-likeness (QED) is 0.602. The van der Waals surface area contributed by atoms with Gasteiger partial charge in [0, 0.05) is 20.2 Å². The predicted octanol–water partition coefficient (Wildman–Crippen LogP) is 2.91. The first-order valence-electron chi connectivity index (χ1n) is 5.16. The predicted molar refractivity (Wildman–Crippen MR) is 68.6 cm³/mol. The molecule has 0 aliphatic heterocycles. The second-order valence-corrected chi connectivity index (χ2v) is 14.1. The summed E-state index contributed by atoms with van der Waals surface area (Å²) in [5.41, 5.74) is 12.7. The van der Waals surface area contributed by atoms with Crippen LogP contribution in [-0.2, 0) is 16.5 Å². The third kappa shape index (κ3) is 6.65. The van der Waals surface area contributed by atoms with Crippen molar-refractivity contribution < 1.29 is 16.5 Å². The molecule has 0 saturated heterocycles. The van der Waals surface area contributed by atoms with Crippen molar-refractivity contribution in [3.63, 3.8) is 0 Å². The fraction of sp³-hybridized carbons (Fsp3) is 1.00. The zero-order valence-electron chi connectivity index (χ0n) is 9.58. The molecule has 0 bridgehead atoms. The maximum absolute atomic E-state index is 5.96. The maximum atomic E-state index is 5.96. The average Bonchev–Trinajstić information content (AvgIpc) is 2.09. The van der Waals surface area contributed by atoms with Crippen LogP contribution in [0, 0.1) is 0 Å². The summed E-state index contributed by atoms with van der Waals surface area (Å²) >= 11 is -0.472. The SMILES string of the molecule is C[Si](C)(C)[C@H]1CC[C@@H](N)[C@H](N)C1.[Cl][Pt][Cl]. The van der Waals surface area contributed by atoms with Gasteiger partial charge in [0.25, 0.3) is 0 Å². The third-order valence-corrected chi connectivity index (χ3v) is 6.15. The topological polar surface area (TPSA) is 52.0 Å². The van der Waals surface area contributed by atoms with E-state index in [2.05, 4.69) is 19.6 Å². The molecule has 96 valence electrons. The molecule has 0 unspecified atom stereocenters. The van der Waals surface area contributed by atoms with E-state index in [4.69, 9.17) is 30.3 Å².